The Labute approximate surface area is 136 Å². The van der Waals surface area contributed by atoms with Gasteiger partial charge in [-0.25, -0.2) is 4.39 Å². The third kappa shape index (κ3) is 3.19. The lowest BCUT2D eigenvalue weighted by Crippen LogP contribution is -2.20. The first-order valence-corrected chi connectivity index (χ1v) is 8.03. The predicted octanol–water partition coefficient (Wildman–Crippen LogP) is 3.08. The highest BCUT2D eigenvalue weighted by atomic mass is 32.2. The van der Waals surface area contributed by atoms with E-state index in [0.717, 1.165) is 5.75 Å². The van der Waals surface area contributed by atoms with E-state index in [2.05, 4.69) is 16.3 Å². The molecule has 0 aliphatic carbocycles. The molecule has 0 N–H and O–H groups in total. The van der Waals surface area contributed by atoms with Crippen LogP contribution in [0.3, 0.4) is 0 Å². The average molecular weight is 330 g/mol. The van der Waals surface area contributed by atoms with Crippen molar-refractivity contribution >= 4 is 17.4 Å². The predicted molar refractivity (Wildman–Crippen MR) is 88.7 cm³/mol. The van der Waals surface area contributed by atoms with Crippen LogP contribution in [0.1, 0.15) is 13.8 Å². The topological polar surface area (TPSA) is 52.2 Å². The fraction of sp³-hybridized carbons (Fsp3) is 0.188. The van der Waals surface area contributed by atoms with Crippen LogP contribution in [-0.4, -0.2) is 24.9 Å². The third-order valence-electron chi connectivity index (χ3n) is 3.23. The molecule has 1 aromatic carbocycles. The van der Waals surface area contributed by atoms with Crippen molar-refractivity contribution in [3.8, 4) is 5.69 Å². The molecule has 0 amide bonds. The SMILES string of the molecule is CC(C)=CCSc1nnc2c(=O)n(-c3cccc(F)c3)ccn12. The van der Waals surface area contributed by atoms with Crippen molar-refractivity contribution in [2.75, 3.05) is 5.75 Å². The molecule has 2 aromatic heterocycles. The fourth-order valence-electron chi connectivity index (χ4n) is 2.08. The van der Waals surface area contributed by atoms with Gasteiger partial charge < -0.3 is 0 Å². The number of hydrogen-bond acceptors (Lipinski definition) is 4. The number of benzene rings is 1. The molecular formula is C16H15FN4OS. The smallest absolute Gasteiger partial charge is 0.279 e. The molecule has 118 valence electrons. The van der Waals surface area contributed by atoms with Gasteiger partial charge in [0.2, 0.25) is 5.65 Å². The molecule has 0 saturated heterocycles. The molecular weight excluding hydrogens is 315 g/mol. The van der Waals surface area contributed by atoms with E-state index >= 15 is 0 Å². The van der Waals surface area contributed by atoms with Gasteiger partial charge in [-0.1, -0.05) is 29.5 Å². The van der Waals surface area contributed by atoms with Crippen LogP contribution in [0.2, 0.25) is 0 Å². The normalized spacial score (nSPS) is 10.9. The summed E-state index contributed by atoms with van der Waals surface area (Å²) >= 11 is 1.50. The summed E-state index contributed by atoms with van der Waals surface area (Å²) < 4.78 is 16.4. The largest absolute Gasteiger partial charge is 0.300 e. The van der Waals surface area contributed by atoms with Crippen LogP contribution in [0, 0.1) is 5.82 Å². The number of fused-ring (bicyclic) bond motifs is 1. The molecule has 0 fully saturated rings. The lowest BCUT2D eigenvalue weighted by molar-refractivity contribution is 0.626. The summed E-state index contributed by atoms with van der Waals surface area (Å²) in [6.45, 7) is 4.06. The standard InChI is InChI=1S/C16H15FN4OS/c1-11(2)6-9-23-16-19-18-14-15(22)20(7-8-21(14)16)13-5-3-4-12(17)10-13/h3-8,10H,9H2,1-2H3. The average Bonchev–Trinajstić information content (AvgIpc) is 2.91. The first kappa shape index (κ1) is 15.5. The van der Waals surface area contributed by atoms with Crippen molar-refractivity contribution in [1.29, 1.82) is 0 Å². The van der Waals surface area contributed by atoms with Crippen molar-refractivity contribution in [2.24, 2.45) is 0 Å². The summed E-state index contributed by atoms with van der Waals surface area (Å²) in [6, 6.07) is 5.87. The molecule has 5 nitrogen and oxygen atoms in total. The Morgan fingerprint density at radius 3 is 2.87 bits per heavy atom. The minimum atomic E-state index is -0.395. The maximum atomic E-state index is 13.3. The number of aromatic nitrogens is 4. The van der Waals surface area contributed by atoms with E-state index in [1.54, 1.807) is 28.9 Å². The monoisotopic (exact) mass is 330 g/mol. The van der Waals surface area contributed by atoms with Gasteiger partial charge in [0, 0.05) is 18.1 Å². The van der Waals surface area contributed by atoms with E-state index in [1.165, 1.54) is 34.0 Å². The van der Waals surface area contributed by atoms with Gasteiger partial charge in [0.05, 0.1) is 5.69 Å². The molecule has 7 heteroatoms. The van der Waals surface area contributed by atoms with Crippen LogP contribution in [0.15, 0.2) is 58.3 Å². The molecule has 0 spiro atoms. The highest BCUT2D eigenvalue weighted by molar-refractivity contribution is 7.99. The minimum absolute atomic E-state index is 0.219. The number of rotatable bonds is 4. The summed E-state index contributed by atoms with van der Waals surface area (Å²) in [6.07, 6.45) is 5.39. The number of thioether (sulfide) groups is 1. The van der Waals surface area contributed by atoms with Crippen LogP contribution in [0.25, 0.3) is 11.3 Å². The molecule has 0 saturated carbocycles. The minimum Gasteiger partial charge on any atom is -0.279 e. The number of halogens is 1. The van der Waals surface area contributed by atoms with Gasteiger partial charge in [-0.05, 0) is 32.0 Å². The zero-order valence-electron chi connectivity index (χ0n) is 12.7. The molecule has 0 unspecified atom stereocenters. The molecule has 3 aromatic rings. The van der Waals surface area contributed by atoms with E-state index in [9.17, 15) is 9.18 Å². The second-order valence-electron chi connectivity index (χ2n) is 5.22. The van der Waals surface area contributed by atoms with Crippen molar-refractivity contribution in [1.82, 2.24) is 19.2 Å². The number of allylic oxidation sites excluding steroid dienone is 1. The lowest BCUT2D eigenvalue weighted by atomic mass is 10.3. The molecule has 2 heterocycles. The van der Waals surface area contributed by atoms with Gasteiger partial charge in [-0.15, -0.1) is 10.2 Å². The first-order valence-electron chi connectivity index (χ1n) is 7.05. The second-order valence-corrected chi connectivity index (χ2v) is 6.21. The molecule has 0 aliphatic heterocycles. The van der Waals surface area contributed by atoms with Gasteiger partial charge in [0.25, 0.3) is 0 Å². The molecule has 0 radical (unpaired) electrons. The molecule has 0 aliphatic rings. The van der Waals surface area contributed by atoms with Crippen LogP contribution in [0.4, 0.5) is 4.39 Å². The van der Waals surface area contributed by atoms with Gasteiger partial charge in [-0.3, -0.25) is 13.8 Å². The fourth-order valence-corrected chi connectivity index (χ4v) is 3.03. The zero-order chi connectivity index (χ0) is 16.4. The number of nitrogens with zero attached hydrogens (tertiary/aromatic N) is 4. The summed E-state index contributed by atoms with van der Waals surface area (Å²) in [5.74, 6) is 0.365. The summed E-state index contributed by atoms with van der Waals surface area (Å²) in [7, 11) is 0. The van der Waals surface area contributed by atoms with Crippen molar-refractivity contribution in [2.45, 2.75) is 19.0 Å². The van der Waals surface area contributed by atoms with Gasteiger partial charge in [0.15, 0.2) is 5.16 Å². The van der Waals surface area contributed by atoms with E-state index in [4.69, 9.17) is 0 Å². The van der Waals surface area contributed by atoms with E-state index in [0.29, 0.717) is 10.8 Å². The molecule has 0 atom stereocenters. The Kier molecular flexibility index (Phi) is 4.29. The highest BCUT2D eigenvalue weighted by Gasteiger charge is 2.11. The molecule has 3 rings (SSSR count). The Bertz CT molecular complexity index is 941. The Morgan fingerprint density at radius 1 is 1.30 bits per heavy atom. The maximum absolute atomic E-state index is 13.3. The van der Waals surface area contributed by atoms with E-state index < -0.39 is 5.82 Å². The summed E-state index contributed by atoms with van der Waals surface area (Å²) in [5.41, 5.74) is 1.56. The molecule has 23 heavy (non-hydrogen) atoms. The first-order chi connectivity index (χ1) is 11.1. The lowest BCUT2D eigenvalue weighted by Gasteiger charge is -2.06. The maximum Gasteiger partial charge on any atom is 0.300 e. The quantitative estimate of drug-likeness (QED) is 0.545. The Balaban J connectivity index is 2.01. The third-order valence-corrected chi connectivity index (χ3v) is 4.10. The van der Waals surface area contributed by atoms with Crippen molar-refractivity contribution in [3.63, 3.8) is 0 Å². The number of hydrogen-bond donors (Lipinski definition) is 0. The summed E-state index contributed by atoms with van der Waals surface area (Å²) in [4.78, 5) is 12.5. The zero-order valence-corrected chi connectivity index (χ0v) is 13.5. The van der Waals surface area contributed by atoms with Crippen LogP contribution < -0.4 is 5.56 Å². The summed E-state index contributed by atoms with van der Waals surface area (Å²) in [5, 5.41) is 8.69. The van der Waals surface area contributed by atoms with Gasteiger partial charge in [0.1, 0.15) is 5.82 Å². The molecule has 0 bridgehead atoms. The van der Waals surface area contributed by atoms with E-state index in [1.807, 2.05) is 13.8 Å². The van der Waals surface area contributed by atoms with Gasteiger partial charge in [-0.2, -0.15) is 0 Å². The second kappa shape index (κ2) is 6.37. The highest BCUT2D eigenvalue weighted by Crippen LogP contribution is 2.16. The van der Waals surface area contributed by atoms with Crippen LogP contribution in [0.5, 0.6) is 0 Å². The van der Waals surface area contributed by atoms with Gasteiger partial charge >= 0.3 is 5.56 Å². The Hall–Kier alpha value is -2.41. The van der Waals surface area contributed by atoms with Crippen molar-refractivity contribution in [3.05, 3.63) is 64.5 Å². The van der Waals surface area contributed by atoms with Crippen LogP contribution >= 0.6 is 11.8 Å². The van der Waals surface area contributed by atoms with Crippen molar-refractivity contribution < 1.29 is 4.39 Å². The van der Waals surface area contributed by atoms with E-state index in [-0.39, 0.29) is 11.2 Å². The Morgan fingerprint density at radius 2 is 2.13 bits per heavy atom. The van der Waals surface area contributed by atoms with Crippen LogP contribution in [-0.2, 0) is 0 Å².